The van der Waals surface area contributed by atoms with E-state index in [1.807, 2.05) is 0 Å². The van der Waals surface area contributed by atoms with Gasteiger partial charge < -0.3 is 0 Å². The molecule has 3 aliphatic rings. The lowest BCUT2D eigenvalue weighted by atomic mass is 9.39. The van der Waals surface area contributed by atoms with Crippen molar-refractivity contribution < 1.29 is 65.9 Å². The Morgan fingerprint density at radius 2 is 1.00 bits per heavy atom. The molecule has 1 saturated carbocycles. The summed E-state index contributed by atoms with van der Waals surface area (Å²) < 4.78 is 190. The van der Waals surface area contributed by atoms with Gasteiger partial charge in [0.15, 0.2) is 21.0 Å². The summed E-state index contributed by atoms with van der Waals surface area (Å²) >= 11 is -1.91. The van der Waals surface area contributed by atoms with Gasteiger partial charge >= 0.3 is 30.9 Å². The van der Waals surface area contributed by atoms with Crippen molar-refractivity contribution in [1.82, 2.24) is 0 Å². The number of nitrogens with zero attached hydrogens (tertiary/aromatic N) is 2. The van der Waals surface area contributed by atoms with Gasteiger partial charge in [0.25, 0.3) is 0 Å². The molecular weight excluding hydrogens is 465 g/mol. The van der Waals surface area contributed by atoms with Gasteiger partial charge in [0.2, 0.25) is 5.54 Å². The minimum Gasteiger partial charge on any atom is -0.179 e. The highest BCUT2D eigenvalue weighted by molar-refractivity contribution is 8.10. The monoisotopic (exact) mass is 466 g/mol. The summed E-state index contributed by atoms with van der Waals surface area (Å²) in [5.41, 5.74) is -11.9. The Labute approximate surface area is 146 Å². The first-order chi connectivity index (χ1) is 12.0. The zero-order valence-corrected chi connectivity index (χ0v) is 12.9. The minimum absolute atomic E-state index is 1.63. The lowest BCUT2D eigenvalue weighted by Gasteiger charge is -2.62. The van der Waals surface area contributed by atoms with Crippen LogP contribution in [0.1, 0.15) is 0 Å². The van der Waals surface area contributed by atoms with E-state index in [4.69, 9.17) is 0 Å². The van der Waals surface area contributed by atoms with Gasteiger partial charge in [-0.3, -0.25) is 0 Å². The smallest absolute Gasteiger partial charge is 0.179 e. The van der Waals surface area contributed by atoms with Crippen LogP contribution in [0.25, 0.3) is 0 Å². The summed E-state index contributed by atoms with van der Waals surface area (Å²) in [6, 6.07) is -4.84. The highest BCUT2D eigenvalue weighted by Gasteiger charge is 3.22. The van der Waals surface area contributed by atoms with Crippen LogP contribution in [-0.2, 0) is 0 Å². The summed E-state index contributed by atoms with van der Waals surface area (Å²) in [4.78, 5) is 0. The van der Waals surface area contributed by atoms with Crippen molar-refractivity contribution in [2.24, 2.45) is 15.6 Å². The first kappa shape index (κ1) is 21.6. The van der Waals surface area contributed by atoms with Gasteiger partial charge in [-0.15, -0.1) is 11.8 Å². The van der Waals surface area contributed by atoms with Crippen molar-refractivity contribution in [2.45, 2.75) is 52.0 Å². The minimum atomic E-state index is -7.07. The van der Waals surface area contributed by atoms with E-state index in [9.17, 15) is 65.9 Å². The molecule has 2 fully saturated rings. The number of thioether (sulfide) groups is 1. The quantitative estimate of drug-likeness (QED) is 0.337. The van der Waals surface area contributed by atoms with E-state index in [1.54, 1.807) is 10.2 Å². The molecule has 5 atom stereocenters. The van der Waals surface area contributed by atoms with Gasteiger partial charge in [0, 0.05) is 0 Å². The van der Waals surface area contributed by atoms with Crippen molar-refractivity contribution in [2.75, 3.05) is 0 Å². The fourth-order valence-electron chi connectivity index (χ4n) is 4.43. The van der Waals surface area contributed by atoms with E-state index in [-0.39, 0.29) is 0 Å². The molecule has 0 amide bonds. The number of fused-ring (bicyclic) bond motifs is 4. The molecule has 1 unspecified atom stereocenters. The normalized spacial score (nSPS) is 43.5. The summed E-state index contributed by atoms with van der Waals surface area (Å²) in [6.07, 6.45) is -33.9. The summed E-state index contributed by atoms with van der Waals surface area (Å²) in [7, 11) is 0. The Morgan fingerprint density at radius 1 is 0.571 bits per heavy atom. The molecule has 0 aromatic heterocycles. The summed E-state index contributed by atoms with van der Waals surface area (Å²) in [6.45, 7) is 0. The average Bonchev–Trinajstić information content (AvgIpc) is 2.87. The van der Waals surface area contributed by atoms with Crippen LogP contribution in [0.5, 0.6) is 0 Å². The third-order valence-corrected chi connectivity index (χ3v) is 7.20. The second kappa shape index (κ2) is 4.63. The Hall–Kier alpha value is -1.10. The van der Waals surface area contributed by atoms with Crippen LogP contribution in [0, 0.1) is 5.41 Å². The standard InChI is InChI=1S/C10HF15N2S/c11-3(12,13)1-2(7(14,15)16)4(27-26-1,8(17,18)19)6(10(23,24)25)5(2,28-6)9(20,21)22/h1H/t1?,2-,4-,5-,6+/m0/s1. The molecule has 0 aromatic carbocycles. The topological polar surface area (TPSA) is 24.7 Å². The van der Waals surface area contributed by atoms with E-state index in [0.29, 0.717) is 0 Å². The molecule has 0 N–H and O–H groups in total. The molecule has 2 heterocycles. The zero-order valence-electron chi connectivity index (χ0n) is 12.0. The Balaban J connectivity index is 2.52. The molecule has 18 heteroatoms. The lowest BCUT2D eigenvalue weighted by Crippen LogP contribution is -2.92. The molecule has 2 aliphatic heterocycles. The largest absolute Gasteiger partial charge is 0.418 e. The van der Waals surface area contributed by atoms with Gasteiger partial charge in [-0.1, -0.05) is 0 Å². The van der Waals surface area contributed by atoms with E-state index in [0.717, 1.165) is 0 Å². The molecule has 0 bridgehead atoms. The number of hydrogen-bond donors (Lipinski definition) is 0. The first-order valence-electron chi connectivity index (χ1n) is 6.50. The van der Waals surface area contributed by atoms with Gasteiger partial charge in [-0.25, -0.2) is 0 Å². The summed E-state index contributed by atoms with van der Waals surface area (Å²) in [5.74, 6) is 0. The molecule has 0 radical (unpaired) electrons. The Kier molecular flexibility index (Phi) is 3.57. The van der Waals surface area contributed by atoms with Crippen LogP contribution in [0.15, 0.2) is 10.2 Å². The number of hydrogen-bond acceptors (Lipinski definition) is 3. The third kappa shape index (κ3) is 1.65. The van der Waals surface area contributed by atoms with Crippen molar-refractivity contribution in [1.29, 1.82) is 0 Å². The van der Waals surface area contributed by atoms with Crippen LogP contribution in [0.3, 0.4) is 0 Å². The second-order valence-corrected chi connectivity index (χ2v) is 7.56. The van der Waals surface area contributed by atoms with Crippen LogP contribution in [0.2, 0.25) is 0 Å². The molecule has 3 rings (SSSR count). The molecular formula is C10HF15N2S. The first-order valence-corrected chi connectivity index (χ1v) is 7.32. The zero-order chi connectivity index (χ0) is 22.2. The summed E-state index contributed by atoms with van der Waals surface area (Å²) in [5, 5.41) is 3.29. The van der Waals surface area contributed by atoms with E-state index >= 15 is 0 Å². The molecule has 1 aliphatic carbocycles. The number of rotatable bonds is 0. The molecule has 0 spiro atoms. The number of alkyl halides is 15. The van der Waals surface area contributed by atoms with E-state index in [1.165, 1.54) is 0 Å². The van der Waals surface area contributed by atoms with Crippen molar-refractivity contribution in [3.8, 4) is 0 Å². The molecule has 0 aromatic rings. The maximum atomic E-state index is 13.6. The Morgan fingerprint density at radius 3 is 1.29 bits per heavy atom. The number of azo groups is 1. The molecule has 162 valence electrons. The van der Waals surface area contributed by atoms with Gasteiger partial charge in [0.1, 0.15) is 0 Å². The van der Waals surface area contributed by atoms with Crippen LogP contribution < -0.4 is 0 Å². The van der Waals surface area contributed by atoms with Gasteiger partial charge in [-0.05, 0) is 0 Å². The average molecular weight is 466 g/mol. The van der Waals surface area contributed by atoms with Crippen molar-refractivity contribution >= 4 is 11.8 Å². The highest BCUT2D eigenvalue weighted by Crippen LogP contribution is 3.01. The van der Waals surface area contributed by atoms with Crippen LogP contribution >= 0.6 is 11.8 Å². The van der Waals surface area contributed by atoms with Gasteiger partial charge in [-0.2, -0.15) is 76.1 Å². The van der Waals surface area contributed by atoms with Crippen molar-refractivity contribution in [3.63, 3.8) is 0 Å². The van der Waals surface area contributed by atoms with E-state index < -0.39 is 69.1 Å². The molecule has 1 saturated heterocycles. The maximum Gasteiger partial charge on any atom is 0.418 e. The van der Waals surface area contributed by atoms with Crippen LogP contribution in [0.4, 0.5) is 65.9 Å². The second-order valence-electron chi connectivity index (χ2n) is 6.13. The predicted molar refractivity (Wildman–Crippen MR) is 57.1 cm³/mol. The highest BCUT2D eigenvalue weighted by atomic mass is 32.2. The maximum absolute atomic E-state index is 13.6. The fraction of sp³-hybridized carbons (Fsp3) is 1.00. The number of halogens is 15. The Bertz CT molecular complexity index is 742. The molecule has 2 nitrogen and oxygen atoms in total. The van der Waals surface area contributed by atoms with Gasteiger partial charge in [0.05, 0.1) is 0 Å². The third-order valence-electron chi connectivity index (χ3n) is 5.10. The van der Waals surface area contributed by atoms with E-state index in [2.05, 4.69) is 0 Å². The van der Waals surface area contributed by atoms with Crippen LogP contribution in [-0.4, -0.2) is 52.0 Å². The predicted octanol–water partition coefficient (Wildman–Crippen LogP) is 5.60. The molecule has 28 heavy (non-hydrogen) atoms. The lowest BCUT2D eigenvalue weighted by molar-refractivity contribution is -0.424. The van der Waals surface area contributed by atoms with Crippen molar-refractivity contribution in [3.05, 3.63) is 0 Å². The SMILES string of the molecule is FC(F)(F)C1N=N[C@]2(C(F)(F)F)[C@@]3(C(F)(F)F)S[C@@]3(C(F)(F)F)[C@]12C(F)(F)F. The fourth-order valence-corrected chi connectivity index (χ4v) is 6.61.